The van der Waals surface area contributed by atoms with Gasteiger partial charge in [0.15, 0.2) is 0 Å². The van der Waals surface area contributed by atoms with Crippen LogP contribution >= 0.6 is 0 Å². The first-order chi connectivity index (χ1) is 7.79. The number of nitrogens with one attached hydrogen (secondary N) is 1. The van der Waals surface area contributed by atoms with Gasteiger partial charge < -0.3 is 15.8 Å². The third-order valence-corrected chi connectivity index (χ3v) is 3.07. The number of ether oxygens (including phenoxy) is 1. The number of anilines is 1. The molecule has 0 bridgehead atoms. The van der Waals surface area contributed by atoms with Gasteiger partial charge in [-0.15, -0.1) is 0 Å². The second-order valence-corrected chi connectivity index (χ2v) is 4.40. The molecule has 1 aliphatic heterocycles. The lowest BCUT2D eigenvalue weighted by Crippen LogP contribution is -2.39. The summed E-state index contributed by atoms with van der Waals surface area (Å²) in [5, 5.41) is 3.45. The quantitative estimate of drug-likeness (QED) is 0.815. The molecule has 0 aliphatic carbocycles. The maximum atomic E-state index is 5.79. The van der Waals surface area contributed by atoms with E-state index in [0.29, 0.717) is 6.54 Å². The highest BCUT2D eigenvalue weighted by Crippen LogP contribution is 2.19. The van der Waals surface area contributed by atoms with Crippen molar-refractivity contribution in [1.29, 1.82) is 0 Å². The van der Waals surface area contributed by atoms with E-state index in [-0.39, 0.29) is 12.1 Å². The Morgan fingerprint density at radius 3 is 2.75 bits per heavy atom. The summed E-state index contributed by atoms with van der Waals surface area (Å²) in [5.74, 6) is 0. The van der Waals surface area contributed by atoms with E-state index in [1.54, 1.807) is 0 Å². The van der Waals surface area contributed by atoms with Gasteiger partial charge in [-0.1, -0.05) is 17.7 Å². The van der Waals surface area contributed by atoms with Crippen LogP contribution in [0.2, 0.25) is 0 Å². The Bertz CT molecular complexity index is 317. The minimum absolute atomic E-state index is 0.227. The Hall–Kier alpha value is -1.06. The van der Waals surface area contributed by atoms with Gasteiger partial charge in [0.25, 0.3) is 0 Å². The fourth-order valence-corrected chi connectivity index (χ4v) is 2.09. The molecule has 1 fully saturated rings. The molecular formula is C13H20N2O. The molecule has 2 rings (SSSR count). The predicted molar refractivity (Wildman–Crippen MR) is 66.6 cm³/mol. The van der Waals surface area contributed by atoms with E-state index in [0.717, 1.165) is 25.1 Å². The summed E-state index contributed by atoms with van der Waals surface area (Å²) in [6.45, 7) is 3.57. The summed E-state index contributed by atoms with van der Waals surface area (Å²) < 4.78 is 5.66. The molecule has 1 aromatic rings. The van der Waals surface area contributed by atoms with Gasteiger partial charge in [0.1, 0.15) is 0 Å². The van der Waals surface area contributed by atoms with Gasteiger partial charge >= 0.3 is 0 Å². The molecule has 1 aromatic carbocycles. The molecule has 0 saturated carbocycles. The Labute approximate surface area is 97.0 Å². The lowest BCUT2D eigenvalue weighted by Gasteiger charge is -2.23. The van der Waals surface area contributed by atoms with E-state index < -0.39 is 0 Å². The molecule has 16 heavy (non-hydrogen) atoms. The molecule has 0 amide bonds. The van der Waals surface area contributed by atoms with Gasteiger partial charge in [-0.2, -0.15) is 0 Å². The number of hydrogen-bond acceptors (Lipinski definition) is 3. The van der Waals surface area contributed by atoms with E-state index in [4.69, 9.17) is 10.5 Å². The van der Waals surface area contributed by atoms with Crippen molar-refractivity contribution in [3.05, 3.63) is 29.8 Å². The summed E-state index contributed by atoms with van der Waals surface area (Å²) in [4.78, 5) is 0. The van der Waals surface area contributed by atoms with Gasteiger partial charge in [-0.05, 0) is 31.9 Å². The maximum absolute atomic E-state index is 5.79. The normalized spacial score (nSPS) is 22.0. The molecule has 1 heterocycles. The highest BCUT2D eigenvalue weighted by Gasteiger charge is 2.24. The first kappa shape index (κ1) is 11.4. The highest BCUT2D eigenvalue weighted by atomic mass is 16.5. The van der Waals surface area contributed by atoms with Crippen molar-refractivity contribution in [2.24, 2.45) is 5.73 Å². The molecule has 3 nitrogen and oxygen atoms in total. The third-order valence-electron chi connectivity index (χ3n) is 3.07. The van der Waals surface area contributed by atoms with Crippen molar-refractivity contribution in [2.45, 2.75) is 31.9 Å². The van der Waals surface area contributed by atoms with Crippen LogP contribution in [-0.2, 0) is 4.74 Å². The molecule has 0 aromatic heterocycles. The van der Waals surface area contributed by atoms with Crippen molar-refractivity contribution < 1.29 is 4.74 Å². The van der Waals surface area contributed by atoms with Crippen molar-refractivity contribution in [1.82, 2.24) is 0 Å². The van der Waals surface area contributed by atoms with E-state index in [9.17, 15) is 0 Å². The van der Waals surface area contributed by atoms with Crippen LogP contribution in [0.5, 0.6) is 0 Å². The van der Waals surface area contributed by atoms with Crippen LogP contribution in [0.15, 0.2) is 24.3 Å². The number of rotatable bonds is 4. The zero-order chi connectivity index (χ0) is 11.4. The summed E-state index contributed by atoms with van der Waals surface area (Å²) in [7, 11) is 0. The van der Waals surface area contributed by atoms with Gasteiger partial charge in [0.2, 0.25) is 0 Å². The van der Waals surface area contributed by atoms with Crippen molar-refractivity contribution in [3.63, 3.8) is 0 Å². The molecule has 1 saturated heterocycles. The SMILES string of the molecule is Cc1ccc(NC(CN)C2CCCO2)cc1. The first-order valence-corrected chi connectivity index (χ1v) is 5.94. The molecule has 2 atom stereocenters. The zero-order valence-electron chi connectivity index (χ0n) is 9.78. The van der Waals surface area contributed by atoms with Crippen LogP contribution in [0.3, 0.4) is 0 Å². The minimum Gasteiger partial charge on any atom is -0.378 e. The minimum atomic E-state index is 0.227. The van der Waals surface area contributed by atoms with Crippen molar-refractivity contribution in [3.8, 4) is 0 Å². The molecule has 3 heteroatoms. The van der Waals surface area contributed by atoms with Gasteiger partial charge in [-0.25, -0.2) is 0 Å². The maximum Gasteiger partial charge on any atom is 0.0789 e. The molecular weight excluding hydrogens is 200 g/mol. The third kappa shape index (κ3) is 2.74. The van der Waals surface area contributed by atoms with E-state index in [2.05, 4.69) is 36.5 Å². The first-order valence-electron chi connectivity index (χ1n) is 5.94. The second-order valence-electron chi connectivity index (χ2n) is 4.40. The Kier molecular flexibility index (Phi) is 3.80. The number of benzene rings is 1. The average molecular weight is 220 g/mol. The Morgan fingerprint density at radius 1 is 1.44 bits per heavy atom. The number of nitrogens with two attached hydrogens (primary N) is 1. The monoisotopic (exact) mass is 220 g/mol. The summed E-state index contributed by atoms with van der Waals surface area (Å²) >= 11 is 0. The Balaban J connectivity index is 1.97. The summed E-state index contributed by atoms with van der Waals surface area (Å²) in [5.41, 5.74) is 8.18. The summed E-state index contributed by atoms with van der Waals surface area (Å²) in [6.07, 6.45) is 2.53. The van der Waals surface area contributed by atoms with Crippen LogP contribution in [0, 0.1) is 6.92 Å². The van der Waals surface area contributed by atoms with Crippen molar-refractivity contribution >= 4 is 5.69 Å². The topological polar surface area (TPSA) is 47.3 Å². The standard InChI is InChI=1S/C13H20N2O/c1-10-4-6-11(7-5-10)15-12(9-14)13-3-2-8-16-13/h4-7,12-13,15H,2-3,8-9,14H2,1H3. The van der Waals surface area contributed by atoms with Crippen LogP contribution in [0.4, 0.5) is 5.69 Å². The Morgan fingerprint density at radius 2 is 2.19 bits per heavy atom. The number of aryl methyl sites for hydroxylation is 1. The number of hydrogen-bond donors (Lipinski definition) is 2. The van der Waals surface area contributed by atoms with E-state index >= 15 is 0 Å². The summed E-state index contributed by atoms with van der Waals surface area (Å²) in [6, 6.07) is 8.61. The molecule has 2 unspecified atom stereocenters. The van der Waals surface area contributed by atoms with E-state index in [1.807, 2.05) is 0 Å². The molecule has 1 aliphatic rings. The zero-order valence-corrected chi connectivity index (χ0v) is 9.78. The van der Waals surface area contributed by atoms with Crippen molar-refractivity contribution in [2.75, 3.05) is 18.5 Å². The molecule has 88 valence electrons. The van der Waals surface area contributed by atoms with Gasteiger partial charge in [-0.3, -0.25) is 0 Å². The van der Waals surface area contributed by atoms with Crippen LogP contribution < -0.4 is 11.1 Å². The lowest BCUT2D eigenvalue weighted by molar-refractivity contribution is 0.0973. The van der Waals surface area contributed by atoms with Crippen LogP contribution in [0.25, 0.3) is 0 Å². The second kappa shape index (κ2) is 5.32. The smallest absolute Gasteiger partial charge is 0.0789 e. The average Bonchev–Trinajstić information content (AvgIpc) is 2.82. The molecule has 0 radical (unpaired) electrons. The van der Waals surface area contributed by atoms with Gasteiger partial charge in [0.05, 0.1) is 12.1 Å². The lowest BCUT2D eigenvalue weighted by atomic mass is 10.1. The van der Waals surface area contributed by atoms with Gasteiger partial charge in [0, 0.05) is 18.8 Å². The fraction of sp³-hybridized carbons (Fsp3) is 0.538. The van der Waals surface area contributed by atoms with Crippen LogP contribution in [-0.4, -0.2) is 25.3 Å². The van der Waals surface area contributed by atoms with E-state index in [1.165, 1.54) is 5.56 Å². The highest BCUT2D eigenvalue weighted by molar-refractivity contribution is 5.45. The molecule has 0 spiro atoms. The predicted octanol–water partition coefficient (Wildman–Crippen LogP) is 1.91. The fourth-order valence-electron chi connectivity index (χ4n) is 2.09. The van der Waals surface area contributed by atoms with Crippen LogP contribution in [0.1, 0.15) is 18.4 Å². The molecule has 3 N–H and O–H groups in total. The largest absolute Gasteiger partial charge is 0.378 e.